The molecule has 8 amide bonds. The normalized spacial score (nSPS) is 17.2. The number of likely N-dealkylation sites (tertiary alicyclic amines) is 1. The maximum absolute atomic E-state index is 14.4. The third-order valence-electron chi connectivity index (χ3n) is 15.6. The minimum Gasteiger partial charge on any atom is -0.496 e. The topological polar surface area (TPSA) is 395 Å². The molecule has 2 aromatic carbocycles. The summed E-state index contributed by atoms with van der Waals surface area (Å²) in [5, 5.41) is 33.1. The molecular formula is C60H89N11O18S2. The lowest BCUT2D eigenvalue weighted by molar-refractivity contribution is -0.143. The first kappa shape index (κ1) is 72.9. The van der Waals surface area contributed by atoms with Crippen molar-refractivity contribution in [2.45, 2.75) is 151 Å². The highest BCUT2D eigenvalue weighted by Gasteiger charge is 2.42. The number of hydrogen-bond donors (Lipinski definition) is 10. The summed E-state index contributed by atoms with van der Waals surface area (Å²) in [6.07, 6.45) is 6.24. The summed E-state index contributed by atoms with van der Waals surface area (Å²) in [6.45, 7) is 7.57. The summed E-state index contributed by atoms with van der Waals surface area (Å²) < 4.78 is 62.9. The number of sulfonamides is 1. The van der Waals surface area contributed by atoms with Crippen LogP contribution in [-0.2, 0) is 69.0 Å². The monoisotopic (exact) mass is 1320 g/mol. The summed E-state index contributed by atoms with van der Waals surface area (Å²) in [6, 6.07) is 4.57. The molecule has 29 nitrogen and oxygen atoms in total. The van der Waals surface area contributed by atoms with Gasteiger partial charge in [-0.2, -0.15) is 16.5 Å². The first-order chi connectivity index (χ1) is 43.7. The zero-order chi connectivity index (χ0) is 65.7. The third-order valence-corrected chi connectivity index (χ3v) is 18.9. The highest BCUT2D eigenvalue weighted by Crippen LogP contribution is 2.34. The van der Waals surface area contributed by atoms with E-state index in [-0.39, 0.29) is 138 Å². The van der Waals surface area contributed by atoms with Crippen LogP contribution in [-0.4, -0.2) is 210 Å². The van der Waals surface area contributed by atoms with Crippen LogP contribution in [0.5, 0.6) is 5.75 Å². The lowest BCUT2D eigenvalue weighted by Gasteiger charge is -2.31. The number of aromatic nitrogens is 2. The number of aliphatic carboxylic acids is 1. The van der Waals surface area contributed by atoms with Gasteiger partial charge in [0.2, 0.25) is 45.5 Å². The van der Waals surface area contributed by atoms with Gasteiger partial charge in [0.05, 0.1) is 76.8 Å². The number of hydrogen-bond acceptors (Lipinski definition) is 19. The Morgan fingerprint density at radius 1 is 0.736 bits per heavy atom. The maximum atomic E-state index is 14.4. The van der Waals surface area contributed by atoms with E-state index in [1.54, 1.807) is 56.0 Å². The zero-order valence-electron chi connectivity index (χ0n) is 52.2. The smallest absolute Gasteiger partial charge is 0.439 e. The number of ether oxygens (including phenoxy) is 5. The average molecular weight is 1320 g/mol. The van der Waals surface area contributed by atoms with Crippen LogP contribution in [0.4, 0.5) is 4.79 Å². The van der Waals surface area contributed by atoms with Gasteiger partial charge in [0.25, 0.3) is 0 Å². The molecule has 0 saturated carbocycles. The number of piperidine rings is 1. The number of carboxylic acid groups (broad SMARTS) is 1. The van der Waals surface area contributed by atoms with E-state index in [0.29, 0.717) is 77.7 Å². The van der Waals surface area contributed by atoms with Crippen molar-refractivity contribution in [1.82, 2.24) is 57.0 Å². The van der Waals surface area contributed by atoms with Crippen LogP contribution in [0, 0.1) is 20.8 Å². The van der Waals surface area contributed by atoms with Crippen molar-refractivity contribution in [3.63, 3.8) is 0 Å². The first-order valence-electron chi connectivity index (χ1n) is 31.0. The fourth-order valence-electron chi connectivity index (χ4n) is 10.7. The predicted molar refractivity (Wildman–Crippen MR) is 333 cm³/mol. The Bertz CT molecular complexity index is 3070. The Labute approximate surface area is 533 Å². The number of aromatic amines is 1. The van der Waals surface area contributed by atoms with Gasteiger partial charge in [-0.3, -0.25) is 38.3 Å². The van der Waals surface area contributed by atoms with E-state index in [0.717, 1.165) is 44.3 Å². The van der Waals surface area contributed by atoms with Gasteiger partial charge in [-0.05, 0) is 107 Å². The minimum atomic E-state index is -4.49. The maximum Gasteiger partial charge on any atom is 0.439 e. The molecule has 0 unspecified atom stereocenters. The molecule has 10 N–H and O–H groups in total. The molecule has 3 saturated heterocycles. The second-order valence-corrected chi connectivity index (χ2v) is 25.4. The number of fused-ring (bicyclic) bond motifs is 1. The summed E-state index contributed by atoms with van der Waals surface area (Å²) in [5.41, 5.74) is 2.44. The number of nitrogens with zero attached hydrogens (tertiary/aromatic N) is 2. The van der Waals surface area contributed by atoms with E-state index in [4.69, 9.17) is 23.7 Å². The Kier molecular flexibility index (Phi) is 30.4. The molecule has 91 heavy (non-hydrogen) atoms. The second kappa shape index (κ2) is 38.0. The lowest BCUT2D eigenvalue weighted by Crippen LogP contribution is -2.56. The molecule has 3 aliphatic rings. The molecule has 3 aromatic rings. The van der Waals surface area contributed by atoms with Crippen molar-refractivity contribution in [2.75, 3.05) is 98.4 Å². The third kappa shape index (κ3) is 24.4. The van der Waals surface area contributed by atoms with Gasteiger partial charge in [0.1, 0.15) is 30.5 Å². The van der Waals surface area contributed by atoms with Gasteiger partial charge in [-0.1, -0.05) is 35.8 Å². The molecule has 0 aliphatic carbocycles. The summed E-state index contributed by atoms with van der Waals surface area (Å²) in [7, 11) is -3.02. The number of amides is 8. The summed E-state index contributed by atoms with van der Waals surface area (Å²) >= 11 is 1.84. The number of benzene rings is 2. The fraction of sp³-hybridized carbons (Fsp3) is 0.633. The van der Waals surface area contributed by atoms with Crippen molar-refractivity contribution in [3.8, 4) is 17.1 Å². The minimum absolute atomic E-state index is 0.00708. The molecule has 6 rings (SSSR count). The van der Waals surface area contributed by atoms with Crippen molar-refractivity contribution < 1.29 is 80.1 Å². The van der Waals surface area contributed by atoms with Crippen LogP contribution < -0.4 is 52.4 Å². The highest BCUT2D eigenvalue weighted by atomic mass is 32.2. The number of thioether (sulfide) groups is 1. The number of methoxy groups -OCH3 is 1. The van der Waals surface area contributed by atoms with Crippen molar-refractivity contribution >= 4 is 69.2 Å². The second-order valence-electron chi connectivity index (χ2n) is 22.5. The Balaban J connectivity index is 0.814. The molecule has 0 radical (unpaired) electrons. The van der Waals surface area contributed by atoms with E-state index >= 15 is 0 Å². The molecule has 31 heteroatoms. The molecule has 4 heterocycles. The van der Waals surface area contributed by atoms with E-state index in [9.17, 15) is 56.7 Å². The van der Waals surface area contributed by atoms with Crippen LogP contribution >= 0.6 is 11.8 Å². The van der Waals surface area contributed by atoms with Gasteiger partial charge in [0.15, 0.2) is 5.82 Å². The molecule has 0 spiro atoms. The fourth-order valence-corrected chi connectivity index (χ4v) is 14.0. The van der Waals surface area contributed by atoms with Gasteiger partial charge in [-0.25, -0.2) is 22.8 Å². The van der Waals surface area contributed by atoms with Crippen LogP contribution in [0.2, 0.25) is 0 Å². The number of aryl methyl sites for hydroxylation is 1. The molecule has 1 aromatic heterocycles. The quantitative estimate of drug-likeness (QED) is 0.0283. The standard InChI is InChI=1S/C60H89N11O18S2/c1-38-33-47(84-4)39(2)40(3)54(38)91(82,83)70-44(56(76)65-45(57(77)71-24-10-5-11-25-71)34-41-17-19-42(20-18-41)55-68-60(81)89-69-55)35-51(74)62-22-12-16-50(73)63-23-26-85-27-28-86-29-30-87-31-32-88-36-52(75)64-43(58(78)79)13-8-9-21-61-49(72)15-7-6-14-48-53-46(37-90-48)66-59(80)67-53/h17-20,33,43-46,48,53,70H,5-16,21-32,34-37H2,1-4H3,(H,61,72)(H,62,74)(H,63,73)(H,64,75)(H,65,76)(H,78,79)(H2,66,67,80)(H,68,69,81)/t43-,44-,45+,46-,48-,53-/m0/s1. The lowest BCUT2D eigenvalue weighted by atomic mass is 10.0. The van der Waals surface area contributed by atoms with Crippen molar-refractivity contribution in [2.24, 2.45) is 0 Å². The van der Waals surface area contributed by atoms with Gasteiger partial charge < -0.3 is 70.9 Å². The number of carbonyl (C=O) groups excluding carboxylic acids is 7. The zero-order valence-corrected chi connectivity index (χ0v) is 53.9. The molecule has 0 bridgehead atoms. The van der Waals surface area contributed by atoms with Crippen molar-refractivity contribution in [3.05, 3.63) is 63.1 Å². The van der Waals surface area contributed by atoms with Crippen LogP contribution in [0.1, 0.15) is 106 Å². The summed E-state index contributed by atoms with van der Waals surface area (Å²) in [4.78, 5) is 118. The SMILES string of the molecule is COc1cc(C)c(S(=O)(=O)N[C@@H](CC(=O)NCCCC(=O)NCCOCCOCCOCCOCC(=O)N[C@@H](CCCCNC(=O)CCCC[C@@H]2SC[C@@H]3NC(=O)N[C@@H]32)C(=O)O)C(=O)N[C@H](Cc2ccc(-c3noc(=O)[nH]3)cc2)C(=O)N2CCCCC2)c(C)c1C. The number of unbranched alkanes of at least 4 members (excludes halogenated alkanes) is 2. The van der Waals surface area contributed by atoms with E-state index < -0.39 is 64.0 Å². The van der Waals surface area contributed by atoms with Gasteiger partial charge in [-0.15, -0.1) is 0 Å². The van der Waals surface area contributed by atoms with Gasteiger partial charge in [0, 0.05) is 68.6 Å². The van der Waals surface area contributed by atoms with Crippen LogP contribution in [0.25, 0.3) is 11.4 Å². The van der Waals surface area contributed by atoms with Crippen LogP contribution in [0.15, 0.2) is 44.5 Å². The van der Waals surface area contributed by atoms with E-state index in [2.05, 4.69) is 56.6 Å². The van der Waals surface area contributed by atoms with Gasteiger partial charge >= 0.3 is 17.8 Å². The molecule has 504 valence electrons. The molecular weight excluding hydrogens is 1230 g/mol. The van der Waals surface area contributed by atoms with Crippen molar-refractivity contribution in [1.29, 1.82) is 0 Å². The highest BCUT2D eigenvalue weighted by molar-refractivity contribution is 8.00. The van der Waals surface area contributed by atoms with Crippen LogP contribution in [0.3, 0.4) is 0 Å². The average Bonchev–Trinajstić information content (AvgIpc) is 1.56. The van der Waals surface area contributed by atoms with E-state index in [1.165, 1.54) is 7.11 Å². The number of nitrogens with one attached hydrogen (secondary N) is 9. The number of carboxylic acids is 1. The number of carbonyl (C=O) groups is 8. The Hall–Kier alpha value is -7.16. The Morgan fingerprint density at radius 2 is 1.38 bits per heavy atom. The summed E-state index contributed by atoms with van der Waals surface area (Å²) in [5.74, 6) is -3.25. The number of urea groups is 1. The molecule has 3 aliphatic heterocycles. The molecule has 6 atom stereocenters. The first-order valence-corrected chi connectivity index (χ1v) is 33.5. The number of rotatable bonds is 42. The molecule has 3 fully saturated rings. The predicted octanol–water partition coefficient (Wildman–Crippen LogP) is 1.40. The van der Waals surface area contributed by atoms with E-state index in [1.807, 2.05) is 11.8 Å². The Morgan fingerprint density at radius 3 is 2.05 bits per heavy atom. The largest absolute Gasteiger partial charge is 0.496 e. The number of H-pyrrole nitrogens is 1.